The molecule has 0 saturated carbocycles. The first-order valence-corrected chi connectivity index (χ1v) is 4.18. The third kappa shape index (κ3) is 15.2. The van der Waals surface area contributed by atoms with Gasteiger partial charge >= 0.3 is 5.97 Å². The number of carboxylic acids is 1. The van der Waals surface area contributed by atoms with Gasteiger partial charge in [-0.15, -0.1) is 0 Å². The van der Waals surface area contributed by atoms with Crippen LogP contribution in [0.2, 0.25) is 0 Å². The molecule has 1 N–H and O–H groups in total. The van der Waals surface area contributed by atoms with Crippen LogP contribution in [0.3, 0.4) is 0 Å². The highest BCUT2D eigenvalue weighted by Crippen LogP contribution is 2.11. The lowest BCUT2D eigenvalue weighted by Gasteiger charge is -2.01. The lowest BCUT2D eigenvalue weighted by molar-refractivity contribution is -0.131. The average molecular weight is 284 g/mol. The van der Waals surface area contributed by atoms with Crippen LogP contribution in [0.5, 0.6) is 0 Å². The van der Waals surface area contributed by atoms with E-state index in [4.69, 9.17) is 44.9 Å². The summed E-state index contributed by atoms with van der Waals surface area (Å²) >= 11 is 0. The smallest absolute Gasteiger partial charge is 0.327 e. The Morgan fingerprint density at radius 2 is 1.56 bits per heavy atom. The molecule has 106 valence electrons. The highest BCUT2D eigenvalue weighted by atomic mass is 16.4. The second kappa shape index (κ2) is 14.3. The first-order chi connectivity index (χ1) is 19.8. The van der Waals surface area contributed by atoms with Crippen molar-refractivity contribution in [2.24, 2.45) is 0 Å². The maximum absolute atomic E-state index is 11.0. The molecular formula is C16H30O2. The predicted octanol–water partition coefficient (Wildman–Crippen LogP) is 5.33. The predicted molar refractivity (Wildman–Crippen MR) is 77.9 cm³/mol. The molecule has 0 amide bonds. The largest absolute Gasteiger partial charge is 0.478 e. The zero-order valence-corrected chi connectivity index (χ0v) is 8.86. The molecule has 0 heterocycles. The van der Waals surface area contributed by atoms with Gasteiger partial charge < -0.3 is 5.11 Å². The van der Waals surface area contributed by atoms with E-state index in [0.717, 1.165) is 0 Å². The van der Waals surface area contributed by atoms with Gasteiger partial charge in [-0.05, 0) is 12.7 Å². The van der Waals surface area contributed by atoms with E-state index < -0.39 is 101 Å². The van der Waals surface area contributed by atoms with E-state index >= 15 is 0 Å². The lowest BCUT2D eigenvalue weighted by Crippen LogP contribution is -1.85. The molecule has 0 aromatic rings. The third-order valence-corrected chi connectivity index (χ3v) is 0.919. The molecule has 0 saturated heterocycles. The van der Waals surface area contributed by atoms with Crippen molar-refractivity contribution in [3.05, 3.63) is 12.1 Å². The standard InChI is InChI=1S/C16H30O2/c1-2-3-4-5-6-7-8-9-10-11-12-13-14-15-16(17)18/h14-15H,2-13H2,1H3,(H,17,18)/i1D3,2D2,3D2,4D2,5D2,6D2,7D2,8D2,9D2,10D2,11D2,12D2,13D2,14D,15D. The van der Waals surface area contributed by atoms with Crippen molar-refractivity contribution in [3.63, 3.8) is 0 Å². The molecule has 0 spiro atoms. The van der Waals surface area contributed by atoms with Gasteiger partial charge in [0.25, 0.3) is 0 Å². The molecule has 0 aromatic heterocycles. The lowest BCUT2D eigenvalue weighted by atomic mass is 10.1. The van der Waals surface area contributed by atoms with Crippen molar-refractivity contribution in [2.75, 3.05) is 0 Å². The van der Waals surface area contributed by atoms with Gasteiger partial charge in [-0.3, -0.25) is 0 Å². The van der Waals surface area contributed by atoms with Crippen LogP contribution in [-0.4, -0.2) is 11.1 Å². The van der Waals surface area contributed by atoms with Crippen molar-refractivity contribution in [1.29, 1.82) is 0 Å². The van der Waals surface area contributed by atoms with Crippen LogP contribution in [0.25, 0.3) is 0 Å². The van der Waals surface area contributed by atoms with Crippen LogP contribution in [0.15, 0.2) is 12.1 Å². The summed E-state index contributed by atoms with van der Waals surface area (Å²) in [5.41, 5.74) is 0. The Labute approximate surface area is 153 Å². The van der Waals surface area contributed by atoms with E-state index in [-0.39, 0.29) is 0 Å². The number of hydrogen-bond acceptors (Lipinski definition) is 1. The fraction of sp³-hybridized carbons (Fsp3) is 0.812. The van der Waals surface area contributed by atoms with Crippen LogP contribution in [0.1, 0.15) is 123 Å². The van der Waals surface area contributed by atoms with Gasteiger partial charge in [0.2, 0.25) is 0 Å². The Balaban J connectivity index is 7.61. The Bertz CT molecular complexity index is 1230. The summed E-state index contributed by atoms with van der Waals surface area (Å²) in [6.07, 6.45) is -57.6. The molecular weight excluding hydrogens is 224 g/mol. The highest BCUT2D eigenvalue weighted by Gasteiger charge is 1.92. The summed E-state index contributed by atoms with van der Waals surface area (Å²) in [6, 6.07) is -4.09. The van der Waals surface area contributed by atoms with Crippen molar-refractivity contribution in [1.82, 2.24) is 0 Å². The Kier molecular flexibility index (Phi) is 1.75. The number of carbonyl (C=O) groups is 1. The summed E-state index contributed by atoms with van der Waals surface area (Å²) in [5, 5.41) is 8.86. The van der Waals surface area contributed by atoms with Crippen LogP contribution in [-0.2, 0) is 4.79 Å². The number of aliphatic carboxylic acids is 1. The molecule has 18 heavy (non-hydrogen) atoms. The maximum Gasteiger partial charge on any atom is 0.327 e. The zero-order chi connectivity index (χ0) is 39.2. The molecule has 0 fully saturated rings. The first-order valence-electron chi connectivity index (χ1n) is 18.7. The first kappa shape index (κ1) is 2.21. The zero-order valence-electron chi connectivity index (χ0n) is 37.9. The molecule has 0 rings (SSSR count). The molecule has 0 aliphatic carbocycles. The van der Waals surface area contributed by atoms with Crippen molar-refractivity contribution >= 4 is 5.97 Å². The summed E-state index contributed by atoms with van der Waals surface area (Å²) in [6.45, 7) is -4.08. The van der Waals surface area contributed by atoms with E-state index in [1.807, 2.05) is 0 Å². The van der Waals surface area contributed by atoms with Crippen molar-refractivity contribution in [3.8, 4) is 0 Å². The van der Waals surface area contributed by atoms with E-state index in [9.17, 15) is 4.79 Å². The molecule has 0 unspecified atom stereocenters. The summed E-state index contributed by atoms with van der Waals surface area (Å²) in [5.74, 6) is -2.34. The molecule has 0 atom stereocenters. The van der Waals surface area contributed by atoms with E-state index in [0.29, 0.717) is 0 Å². The van der Waals surface area contributed by atoms with Gasteiger partial charge in [-0.1, -0.05) is 76.6 Å². The molecule has 0 aliphatic heterocycles. The fourth-order valence-electron chi connectivity index (χ4n) is 0.428. The highest BCUT2D eigenvalue weighted by molar-refractivity contribution is 5.79. The number of hydrogen-bond donors (Lipinski definition) is 1. The number of allylic oxidation sites excluding steroid dienone is 1. The summed E-state index contributed by atoms with van der Waals surface area (Å²) in [7, 11) is 0. The molecule has 0 aromatic carbocycles. The van der Waals surface area contributed by atoms with Gasteiger partial charge in [-0.25, -0.2) is 4.79 Å². The summed E-state index contributed by atoms with van der Waals surface area (Å²) in [4.78, 5) is 11.0. The molecule has 2 heteroatoms. The van der Waals surface area contributed by atoms with E-state index in [2.05, 4.69) is 0 Å². The van der Waals surface area contributed by atoms with Crippen LogP contribution in [0.4, 0.5) is 0 Å². The van der Waals surface area contributed by atoms with Gasteiger partial charge in [-0.2, -0.15) is 0 Å². The monoisotopic (exact) mass is 283 g/mol. The van der Waals surface area contributed by atoms with E-state index in [1.54, 1.807) is 0 Å². The van der Waals surface area contributed by atoms with Crippen LogP contribution < -0.4 is 0 Å². The second-order valence-electron chi connectivity index (χ2n) is 2.06. The fourth-order valence-corrected chi connectivity index (χ4v) is 0.428. The SMILES string of the molecule is [2H]C(C(=O)O)=C([2H])C([2H])([2H])C([2H])([2H])C([2H])([2H])C([2H])([2H])C([2H])([2H])C([2H])([2H])C([2H])([2H])C([2H])([2H])C([2H])([2H])C([2H])([2H])C([2H])([2H])C([2H])([2H])C([2H])([2H])[2H]. The van der Waals surface area contributed by atoms with Crippen LogP contribution >= 0.6 is 0 Å². The number of carboxylic acid groups (broad SMARTS) is 1. The minimum Gasteiger partial charge on any atom is -0.478 e. The average Bonchev–Trinajstić information content (AvgIpc) is 2.85. The number of rotatable bonds is 13. The Hall–Kier alpha value is -0.790. The Morgan fingerprint density at radius 1 is 1.06 bits per heavy atom. The maximum atomic E-state index is 11.0. The van der Waals surface area contributed by atoms with Crippen molar-refractivity contribution < 1.29 is 49.7 Å². The quantitative estimate of drug-likeness (QED) is 0.464. The minimum atomic E-state index is -5.04. The minimum absolute atomic E-state index is 1.97. The van der Waals surface area contributed by atoms with Crippen LogP contribution in [0, 0.1) is 0 Å². The second-order valence-corrected chi connectivity index (χ2v) is 2.06. The normalized spacial score (nSPS) is 46.3. The molecule has 0 radical (unpaired) electrons. The van der Waals surface area contributed by atoms with Crippen molar-refractivity contribution in [2.45, 2.75) is 83.3 Å². The van der Waals surface area contributed by atoms with Gasteiger partial charge in [0, 0.05) is 43.1 Å². The molecule has 0 aliphatic rings. The van der Waals surface area contributed by atoms with E-state index in [1.165, 1.54) is 0 Å². The Morgan fingerprint density at radius 3 is 2.06 bits per heavy atom. The third-order valence-electron chi connectivity index (χ3n) is 0.919. The van der Waals surface area contributed by atoms with Gasteiger partial charge in [0.15, 0.2) is 0 Å². The topological polar surface area (TPSA) is 37.3 Å². The molecule has 0 bridgehead atoms. The van der Waals surface area contributed by atoms with Gasteiger partial charge in [0.1, 0.15) is 0 Å². The van der Waals surface area contributed by atoms with Gasteiger partial charge in [0.05, 0.1) is 2.74 Å². The summed E-state index contributed by atoms with van der Waals surface area (Å²) < 4.78 is 227. The molecule has 2 nitrogen and oxygen atoms in total.